The Balaban J connectivity index is 0.00000187. The van der Waals surface area contributed by atoms with Gasteiger partial charge in [0.25, 0.3) is 0 Å². The Morgan fingerprint density at radius 3 is 2.38 bits per heavy atom. The zero-order valence-corrected chi connectivity index (χ0v) is 21.3. The first-order chi connectivity index (χ1) is 17.8. The van der Waals surface area contributed by atoms with Crippen molar-refractivity contribution in [3.63, 3.8) is 0 Å². The first-order valence-corrected chi connectivity index (χ1v) is 13.6. The molecule has 200 valence electrons. The number of hydrogen-bond acceptors (Lipinski definition) is 7. The number of aryl methyl sites for hydroxylation is 1. The van der Waals surface area contributed by atoms with Crippen LogP contribution >= 0.6 is 0 Å². The standard InChI is InChI=1S/C28H29NO7S.3H2/c1-18-2-3-19(13-27(32)28(10-11-28)21-6-9-25-26(14-21)36-17-35-25)12-24(18)20-4-7-23(8-5-20)37(33,34)29-22(15-30)16-31;;;/h2-9,12,14,22,29-31H,10-11,13,15-17H2,1H3;3*1H. The number of carbonyl (C=O) groups is 1. The van der Waals surface area contributed by atoms with Crippen LogP contribution in [0.4, 0.5) is 0 Å². The van der Waals surface area contributed by atoms with Gasteiger partial charge in [-0.15, -0.1) is 0 Å². The lowest BCUT2D eigenvalue weighted by Crippen LogP contribution is -2.39. The molecule has 3 N–H and O–H groups in total. The maximum Gasteiger partial charge on any atom is 0.240 e. The van der Waals surface area contributed by atoms with Crippen LogP contribution < -0.4 is 14.2 Å². The van der Waals surface area contributed by atoms with Gasteiger partial charge in [0.2, 0.25) is 16.8 Å². The number of rotatable bonds is 10. The van der Waals surface area contributed by atoms with Crippen LogP contribution in [0.3, 0.4) is 0 Å². The highest BCUT2D eigenvalue weighted by Gasteiger charge is 2.50. The zero-order chi connectivity index (χ0) is 26.2. The number of carbonyl (C=O) groups excluding carboxylic acids is 1. The summed E-state index contributed by atoms with van der Waals surface area (Å²) in [4.78, 5) is 13.5. The third-order valence-electron chi connectivity index (χ3n) is 7.11. The van der Waals surface area contributed by atoms with Gasteiger partial charge in [0, 0.05) is 10.7 Å². The minimum Gasteiger partial charge on any atom is -0.454 e. The molecule has 3 aromatic carbocycles. The molecule has 0 amide bonds. The molecule has 0 atom stereocenters. The third-order valence-corrected chi connectivity index (χ3v) is 8.65. The maximum absolute atomic E-state index is 13.4. The van der Waals surface area contributed by atoms with E-state index in [1.54, 1.807) is 12.1 Å². The van der Waals surface area contributed by atoms with Crippen LogP contribution in [-0.4, -0.2) is 50.5 Å². The lowest BCUT2D eigenvalue weighted by Gasteiger charge is -2.16. The Bertz CT molecular complexity index is 1440. The van der Waals surface area contributed by atoms with E-state index in [2.05, 4.69) is 4.72 Å². The number of nitrogens with one attached hydrogen (secondary N) is 1. The van der Waals surface area contributed by atoms with Crippen molar-refractivity contribution < 1.29 is 37.2 Å². The maximum atomic E-state index is 13.4. The van der Waals surface area contributed by atoms with Gasteiger partial charge in [0.15, 0.2) is 11.5 Å². The summed E-state index contributed by atoms with van der Waals surface area (Å²) in [7, 11) is -3.89. The fraction of sp³-hybridized carbons (Fsp3) is 0.321. The van der Waals surface area contributed by atoms with Gasteiger partial charge in [-0.1, -0.05) is 36.4 Å². The normalized spacial score (nSPS) is 15.7. The highest BCUT2D eigenvalue weighted by Crippen LogP contribution is 2.51. The number of aliphatic hydroxyl groups is 2. The largest absolute Gasteiger partial charge is 0.454 e. The Hall–Kier alpha value is -3.24. The molecule has 0 saturated heterocycles. The second-order valence-corrected chi connectivity index (χ2v) is 11.3. The zero-order valence-electron chi connectivity index (χ0n) is 20.4. The second-order valence-electron chi connectivity index (χ2n) is 9.61. The van der Waals surface area contributed by atoms with E-state index in [-0.39, 0.29) is 21.8 Å². The number of fused-ring (bicyclic) bond motifs is 1. The molecular weight excluding hydrogens is 494 g/mol. The lowest BCUT2D eigenvalue weighted by molar-refractivity contribution is -0.120. The van der Waals surface area contributed by atoms with Gasteiger partial charge < -0.3 is 19.7 Å². The Labute approximate surface area is 220 Å². The molecule has 1 heterocycles. The van der Waals surface area contributed by atoms with Gasteiger partial charge in [-0.3, -0.25) is 4.79 Å². The number of aliphatic hydroxyl groups excluding tert-OH is 2. The molecule has 8 nitrogen and oxygen atoms in total. The van der Waals surface area contributed by atoms with Crippen molar-refractivity contribution in [2.75, 3.05) is 20.0 Å². The number of Topliss-reactive ketones (excluding diaryl/α,β-unsaturated/α-hetero) is 1. The van der Waals surface area contributed by atoms with Crippen molar-refractivity contribution in [3.05, 3.63) is 77.4 Å². The van der Waals surface area contributed by atoms with Crippen LogP contribution in [0.5, 0.6) is 11.5 Å². The molecule has 1 fully saturated rings. The highest BCUT2D eigenvalue weighted by molar-refractivity contribution is 7.89. The van der Waals surface area contributed by atoms with E-state index in [4.69, 9.17) is 9.47 Å². The second kappa shape index (κ2) is 9.90. The van der Waals surface area contributed by atoms with Crippen LogP contribution in [0.15, 0.2) is 65.6 Å². The summed E-state index contributed by atoms with van der Waals surface area (Å²) in [6.45, 7) is 1.15. The van der Waals surface area contributed by atoms with E-state index < -0.39 is 34.7 Å². The molecule has 0 aromatic heterocycles. The predicted molar refractivity (Wildman–Crippen MR) is 143 cm³/mol. The van der Waals surface area contributed by atoms with Gasteiger partial charge in [0.1, 0.15) is 5.78 Å². The first-order valence-electron chi connectivity index (χ1n) is 12.1. The Morgan fingerprint density at radius 1 is 1.00 bits per heavy atom. The minimum absolute atomic E-state index is 0. The van der Waals surface area contributed by atoms with Gasteiger partial charge in [-0.25, -0.2) is 13.1 Å². The van der Waals surface area contributed by atoms with E-state index in [1.807, 2.05) is 43.3 Å². The van der Waals surface area contributed by atoms with Crippen molar-refractivity contribution in [1.29, 1.82) is 0 Å². The van der Waals surface area contributed by atoms with Gasteiger partial charge in [-0.2, -0.15) is 0 Å². The third kappa shape index (κ3) is 5.00. The molecule has 0 radical (unpaired) electrons. The average molecular weight is 530 g/mol. The van der Waals surface area contributed by atoms with Crippen molar-refractivity contribution >= 4 is 15.8 Å². The molecule has 0 unspecified atom stereocenters. The summed E-state index contributed by atoms with van der Waals surface area (Å²) in [6, 6.07) is 17.1. The molecule has 5 rings (SSSR count). The van der Waals surface area contributed by atoms with Crippen LogP contribution in [0, 0.1) is 6.92 Å². The Kier molecular flexibility index (Phi) is 6.80. The van der Waals surface area contributed by atoms with E-state index >= 15 is 0 Å². The Morgan fingerprint density at radius 2 is 1.70 bits per heavy atom. The van der Waals surface area contributed by atoms with Gasteiger partial charge in [-0.05, 0) is 71.8 Å². The van der Waals surface area contributed by atoms with E-state index in [1.165, 1.54) is 12.1 Å². The smallest absolute Gasteiger partial charge is 0.240 e. The number of hydrogen-bond donors (Lipinski definition) is 3. The monoisotopic (exact) mass is 529 g/mol. The highest BCUT2D eigenvalue weighted by atomic mass is 32.2. The molecule has 1 saturated carbocycles. The molecule has 1 aliphatic heterocycles. The minimum atomic E-state index is -3.89. The molecule has 37 heavy (non-hydrogen) atoms. The molecule has 2 aliphatic rings. The predicted octanol–water partition coefficient (Wildman–Crippen LogP) is 3.60. The van der Waals surface area contributed by atoms with E-state index in [0.29, 0.717) is 17.9 Å². The van der Waals surface area contributed by atoms with Crippen molar-refractivity contribution in [3.8, 4) is 22.6 Å². The van der Waals surface area contributed by atoms with Crippen molar-refractivity contribution in [2.24, 2.45) is 0 Å². The number of benzene rings is 3. The summed E-state index contributed by atoms with van der Waals surface area (Å²) < 4.78 is 38.3. The number of ether oxygens (including phenoxy) is 2. The SMILES string of the molecule is Cc1ccc(CC(=O)C2(c3ccc4c(c3)OCO4)CC2)cc1-c1ccc(S(=O)(=O)NC(CO)CO)cc1.[HH].[HH].[HH]. The summed E-state index contributed by atoms with van der Waals surface area (Å²) in [5.41, 5.74) is 4.11. The van der Waals surface area contributed by atoms with Crippen LogP contribution in [0.25, 0.3) is 11.1 Å². The van der Waals surface area contributed by atoms with Crippen LogP contribution in [-0.2, 0) is 26.7 Å². The van der Waals surface area contributed by atoms with Crippen molar-refractivity contribution in [1.82, 2.24) is 4.72 Å². The fourth-order valence-corrected chi connectivity index (χ4v) is 5.94. The first kappa shape index (κ1) is 25.4. The van der Waals surface area contributed by atoms with Crippen molar-refractivity contribution in [2.45, 2.75) is 42.5 Å². The van der Waals surface area contributed by atoms with E-state index in [0.717, 1.165) is 40.7 Å². The van der Waals surface area contributed by atoms with Gasteiger partial charge >= 0.3 is 0 Å². The summed E-state index contributed by atoms with van der Waals surface area (Å²) >= 11 is 0. The quantitative estimate of drug-likeness (QED) is 0.367. The summed E-state index contributed by atoms with van der Waals surface area (Å²) in [6.07, 6.45) is 1.91. The van der Waals surface area contributed by atoms with Gasteiger partial charge in [0.05, 0.1) is 29.6 Å². The molecule has 0 bridgehead atoms. The molecule has 3 aromatic rings. The average Bonchev–Trinajstić information content (AvgIpc) is 3.59. The van der Waals surface area contributed by atoms with E-state index in [9.17, 15) is 23.4 Å². The number of sulfonamides is 1. The molecule has 9 heteroatoms. The summed E-state index contributed by atoms with van der Waals surface area (Å²) in [5.74, 6) is 1.54. The fourth-order valence-electron chi connectivity index (χ4n) is 4.73. The number of ketones is 1. The van der Waals surface area contributed by atoms with Crippen LogP contribution in [0.1, 0.15) is 33.8 Å². The molecule has 1 aliphatic carbocycles. The molecule has 0 spiro atoms. The topological polar surface area (TPSA) is 122 Å². The lowest BCUT2D eigenvalue weighted by atomic mass is 9.87. The van der Waals surface area contributed by atoms with Crippen LogP contribution in [0.2, 0.25) is 0 Å². The molecular formula is C28H35NO7S. The summed E-state index contributed by atoms with van der Waals surface area (Å²) in [5, 5.41) is 18.4.